The van der Waals surface area contributed by atoms with Gasteiger partial charge >= 0.3 is 0 Å². The molecule has 3 aromatic carbocycles. The summed E-state index contributed by atoms with van der Waals surface area (Å²) in [7, 11) is 0. The first kappa shape index (κ1) is 28.2. The zero-order valence-electron chi connectivity index (χ0n) is 22.0. The first-order valence-corrected chi connectivity index (χ1v) is 15.6. The number of thiazole rings is 1. The number of thioether (sulfide) groups is 1. The van der Waals surface area contributed by atoms with Gasteiger partial charge in [-0.2, -0.15) is 0 Å². The van der Waals surface area contributed by atoms with Gasteiger partial charge in [0, 0.05) is 10.4 Å². The van der Waals surface area contributed by atoms with Crippen LogP contribution in [0.15, 0.2) is 112 Å². The van der Waals surface area contributed by atoms with Crippen LogP contribution >= 0.6 is 46.3 Å². The van der Waals surface area contributed by atoms with E-state index in [4.69, 9.17) is 27.6 Å². The fourth-order valence-electron chi connectivity index (χ4n) is 4.44. The van der Waals surface area contributed by atoms with Crippen molar-refractivity contribution in [3.05, 3.63) is 135 Å². The predicted octanol–water partition coefficient (Wildman–Crippen LogP) is 8.30. The molecule has 0 fully saturated rings. The molecular formula is C31H23Cl2N5O2S2. The number of benzene rings is 3. The molecule has 0 aliphatic carbocycles. The van der Waals surface area contributed by atoms with Crippen LogP contribution in [0.4, 0.5) is 0 Å². The first-order valence-electron chi connectivity index (χ1n) is 13.0. The normalized spacial score (nSPS) is 11.9. The molecule has 210 valence electrons. The summed E-state index contributed by atoms with van der Waals surface area (Å²) in [6, 6.07) is 28.7. The van der Waals surface area contributed by atoms with Gasteiger partial charge in [-0.15, -0.1) is 21.5 Å². The fraction of sp³-hybridized carbons (Fsp3) is 0.0968. The molecule has 3 aromatic heterocycles. The second-order valence-corrected chi connectivity index (χ2v) is 12.0. The van der Waals surface area contributed by atoms with Crippen LogP contribution in [-0.4, -0.2) is 25.7 Å². The van der Waals surface area contributed by atoms with Gasteiger partial charge in [0.15, 0.2) is 10.9 Å². The van der Waals surface area contributed by atoms with Gasteiger partial charge < -0.3 is 9.73 Å². The Hall–Kier alpha value is -3.89. The third-order valence-corrected chi connectivity index (χ3v) is 8.93. The number of hydrogen-bond acceptors (Lipinski definition) is 7. The lowest BCUT2D eigenvalue weighted by Gasteiger charge is -2.19. The summed E-state index contributed by atoms with van der Waals surface area (Å²) in [6.07, 6.45) is 2.25. The molecule has 0 aliphatic rings. The molecule has 0 saturated carbocycles. The summed E-state index contributed by atoms with van der Waals surface area (Å²) in [5.41, 5.74) is 3.22. The number of carbonyl (C=O) groups is 1. The van der Waals surface area contributed by atoms with E-state index in [1.807, 2.05) is 65.2 Å². The Bertz CT molecular complexity index is 1790. The largest absolute Gasteiger partial charge is 0.461 e. The molecule has 0 radical (unpaired) electrons. The van der Waals surface area contributed by atoms with Gasteiger partial charge in [0.25, 0.3) is 5.91 Å². The number of amides is 1. The van der Waals surface area contributed by atoms with E-state index in [1.54, 1.807) is 29.8 Å². The molecule has 7 nitrogen and oxygen atoms in total. The fourth-order valence-corrected chi connectivity index (χ4v) is 6.67. The Morgan fingerprint density at radius 2 is 1.76 bits per heavy atom. The van der Waals surface area contributed by atoms with Crippen LogP contribution in [0.3, 0.4) is 0 Å². The second kappa shape index (κ2) is 13.0. The van der Waals surface area contributed by atoms with Gasteiger partial charge in [-0.25, -0.2) is 4.98 Å². The van der Waals surface area contributed by atoms with E-state index in [-0.39, 0.29) is 11.9 Å². The summed E-state index contributed by atoms with van der Waals surface area (Å²) in [5.74, 6) is 1.32. The molecular weight excluding hydrogens is 609 g/mol. The molecule has 1 unspecified atom stereocenters. The van der Waals surface area contributed by atoms with Crippen LogP contribution in [0.1, 0.15) is 32.7 Å². The van der Waals surface area contributed by atoms with E-state index in [9.17, 15) is 4.79 Å². The third kappa shape index (κ3) is 6.44. The van der Waals surface area contributed by atoms with Gasteiger partial charge in [0.2, 0.25) is 5.82 Å². The zero-order valence-corrected chi connectivity index (χ0v) is 25.1. The van der Waals surface area contributed by atoms with Gasteiger partial charge in [-0.1, -0.05) is 95.6 Å². The topological polar surface area (TPSA) is 85.8 Å². The molecule has 42 heavy (non-hydrogen) atoms. The lowest BCUT2D eigenvalue weighted by atomic mass is 9.99. The van der Waals surface area contributed by atoms with Crippen molar-refractivity contribution in [1.82, 2.24) is 25.1 Å². The molecule has 1 atom stereocenters. The molecule has 1 N–H and O–H groups in total. The van der Waals surface area contributed by atoms with E-state index < -0.39 is 0 Å². The van der Waals surface area contributed by atoms with E-state index in [1.165, 1.54) is 23.1 Å². The van der Waals surface area contributed by atoms with E-state index in [0.717, 1.165) is 16.1 Å². The molecule has 6 rings (SSSR count). The maximum atomic E-state index is 13.3. The number of carbonyl (C=O) groups excluding carboxylic acids is 1. The lowest BCUT2D eigenvalue weighted by Crippen LogP contribution is -2.30. The second-order valence-electron chi connectivity index (χ2n) is 9.26. The van der Waals surface area contributed by atoms with Crippen LogP contribution in [0.2, 0.25) is 10.0 Å². The average Bonchev–Trinajstić information content (AvgIpc) is 3.78. The van der Waals surface area contributed by atoms with Crippen LogP contribution in [0.5, 0.6) is 0 Å². The summed E-state index contributed by atoms with van der Waals surface area (Å²) < 4.78 is 7.43. The third-order valence-electron chi connectivity index (χ3n) is 6.42. The van der Waals surface area contributed by atoms with Gasteiger partial charge in [0.1, 0.15) is 10.7 Å². The Kier molecular flexibility index (Phi) is 8.71. The summed E-state index contributed by atoms with van der Waals surface area (Å²) in [6.45, 7) is 0. The van der Waals surface area contributed by atoms with E-state index in [0.29, 0.717) is 50.3 Å². The number of halogens is 2. The Morgan fingerprint density at radius 3 is 2.50 bits per heavy atom. The Labute approximate surface area is 260 Å². The molecule has 3 heterocycles. The Balaban J connectivity index is 1.20. The van der Waals surface area contributed by atoms with Crippen molar-refractivity contribution in [3.8, 4) is 17.3 Å². The van der Waals surface area contributed by atoms with Crippen LogP contribution in [-0.2, 0) is 12.2 Å². The number of rotatable bonds is 10. The van der Waals surface area contributed by atoms with Crippen LogP contribution < -0.4 is 5.32 Å². The molecule has 0 spiro atoms. The molecule has 6 aromatic rings. The molecule has 1 amide bonds. The summed E-state index contributed by atoms with van der Waals surface area (Å²) >= 11 is 15.6. The van der Waals surface area contributed by atoms with Crippen molar-refractivity contribution in [2.75, 3.05) is 0 Å². The average molecular weight is 633 g/mol. The van der Waals surface area contributed by atoms with Gasteiger partial charge in [0.05, 0.1) is 28.8 Å². The highest BCUT2D eigenvalue weighted by atomic mass is 35.5. The van der Waals surface area contributed by atoms with Crippen molar-refractivity contribution in [2.24, 2.45) is 0 Å². The number of nitrogens with one attached hydrogen (secondary N) is 1. The lowest BCUT2D eigenvalue weighted by molar-refractivity contribution is 0.0932. The zero-order chi connectivity index (χ0) is 28.9. The minimum atomic E-state index is -0.219. The maximum absolute atomic E-state index is 13.3. The van der Waals surface area contributed by atoms with Crippen LogP contribution in [0.25, 0.3) is 17.3 Å². The van der Waals surface area contributed by atoms with Crippen molar-refractivity contribution in [3.63, 3.8) is 0 Å². The SMILES string of the molecule is O=C(NC(Cc1ccccc1)c1ccccc1)c1csc(CSc2nnc(-c3ccco3)n2-c2ccc(Cl)cc2Cl)n1. The standard InChI is InChI=1S/C31H23Cl2N5O2S2/c32-22-13-14-26(23(33)17-22)38-29(27-12-7-15-40-27)36-37-31(38)42-19-28-34-25(18-41-28)30(39)35-24(21-10-5-2-6-11-21)16-20-8-3-1-4-9-20/h1-15,17-18,24H,16,19H2,(H,35,39). The number of hydrogen-bond donors (Lipinski definition) is 1. The first-order chi connectivity index (χ1) is 20.5. The molecule has 11 heteroatoms. The maximum Gasteiger partial charge on any atom is 0.271 e. The number of nitrogens with zero attached hydrogens (tertiary/aromatic N) is 4. The van der Waals surface area contributed by atoms with Gasteiger partial charge in [-0.05, 0) is 47.9 Å². The number of aromatic nitrogens is 4. The van der Waals surface area contributed by atoms with E-state index in [2.05, 4.69) is 32.6 Å². The predicted molar refractivity (Wildman–Crippen MR) is 168 cm³/mol. The smallest absolute Gasteiger partial charge is 0.271 e. The number of furan rings is 1. The van der Waals surface area contributed by atoms with Crippen molar-refractivity contribution < 1.29 is 9.21 Å². The highest BCUT2D eigenvalue weighted by Crippen LogP contribution is 2.34. The highest BCUT2D eigenvalue weighted by molar-refractivity contribution is 7.98. The summed E-state index contributed by atoms with van der Waals surface area (Å²) in [4.78, 5) is 17.9. The molecule has 0 saturated heterocycles. The quantitative estimate of drug-likeness (QED) is 0.153. The Morgan fingerprint density at radius 1 is 0.976 bits per heavy atom. The van der Waals surface area contributed by atoms with Gasteiger partial charge in [-0.3, -0.25) is 9.36 Å². The minimum Gasteiger partial charge on any atom is -0.461 e. The monoisotopic (exact) mass is 631 g/mol. The highest BCUT2D eigenvalue weighted by Gasteiger charge is 2.22. The van der Waals surface area contributed by atoms with Crippen molar-refractivity contribution in [1.29, 1.82) is 0 Å². The summed E-state index contributed by atoms with van der Waals surface area (Å²) in [5, 5.41) is 16.1. The molecule has 0 bridgehead atoms. The van der Waals surface area contributed by atoms with Crippen molar-refractivity contribution >= 4 is 52.2 Å². The molecule has 0 aliphatic heterocycles. The minimum absolute atomic E-state index is 0.191. The van der Waals surface area contributed by atoms with Crippen molar-refractivity contribution in [2.45, 2.75) is 23.4 Å². The van der Waals surface area contributed by atoms with E-state index >= 15 is 0 Å². The van der Waals surface area contributed by atoms with Crippen LogP contribution in [0, 0.1) is 0 Å².